The molecule has 2 aromatic carbocycles. The number of nitrogens with zero attached hydrogens (tertiary/aromatic N) is 1. The quantitative estimate of drug-likeness (QED) is 0.772. The summed E-state index contributed by atoms with van der Waals surface area (Å²) in [5.41, 5.74) is 1.41. The molecule has 2 aromatic rings. The number of methoxy groups -OCH3 is 2. The van der Waals surface area contributed by atoms with Gasteiger partial charge in [0.1, 0.15) is 5.82 Å². The Balaban J connectivity index is 1.84. The molecule has 0 heterocycles. The first-order chi connectivity index (χ1) is 12.9. The molecule has 27 heavy (non-hydrogen) atoms. The summed E-state index contributed by atoms with van der Waals surface area (Å²) >= 11 is 0. The lowest BCUT2D eigenvalue weighted by Crippen LogP contribution is -2.35. The molecule has 0 aliphatic rings. The minimum Gasteiger partial charge on any atom is -0.493 e. The van der Waals surface area contributed by atoms with E-state index in [-0.39, 0.29) is 30.6 Å². The second-order valence-electron chi connectivity index (χ2n) is 5.99. The van der Waals surface area contributed by atoms with Crippen molar-refractivity contribution in [1.82, 2.24) is 4.90 Å². The van der Waals surface area contributed by atoms with Crippen molar-refractivity contribution in [1.29, 1.82) is 0 Å². The molecule has 144 valence electrons. The molecule has 6 nitrogen and oxygen atoms in total. The molecule has 0 saturated carbocycles. The van der Waals surface area contributed by atoms with Gasteiger partial charge in [-0.3, -0.25) is 9.59 Å². The molecule has 0 bridgehead atoms. The van der Waals surface area contributed by atoms with E-state index >= 15 is 0 Å². The lowest BCUT2D eigenvalue weighted by molar-refractivity contribution is -0.133. The van der Waals surface area contributed by atoms with Crippen molar-refractivity contribution in [3.63, 3.8) is 0 Å². The lowest BCUT2D eigenvalue weighted by Gasteiger charge is -2.17. The number of hydrogen-bond acceptors (Lipinski definition) is 4. The molecule has 0 spiro atoms. The molecule has 2 amide bonds. The zero-order chi connectivity index (χ0) is 19.8. The average Bonchev–Trinajstić information content (AvgIpc) is 2.67. The summed E-state index contributed by atoms with van der Waals surface area (Å²) in [6.07, 6.45) is 0.777. The van der Waals surface area contributed by atoms with Gasteiger partial charge >= 0.3 is 0 Å². The number of anilines is 1. The third-order valence-electron chi connectivity index (χ3n) is 4.01. The topological polar surface area (TPSA) is 67.9 Å². The molecule has 0 saturated heterocycles. The molecular weight excluding hydrogens is 351 g/mol. The molecule has 0 aromatic heterocycles. The van der Waals surface area contributed by atoms with Crippen molar-refractivity contribution in [3.05, 3.63) is 53.8 Å². The summed E-state index contributed by atoms with van der Waals surface area (Å²) in [6, 6.07) is 10.9. The number of benzene rings is 2. The van der Waals surface area contributed by atoms with E-state index in [9.17, 15) is 14.0 Å². The Morgan fingerprint density at radius 1 is 1.04 bits per heavy atom. The van der Waals surface area contributed by atoms with Crippen molar-refractivity contribution < 1.29 is 23.5 Å². The Kier molecular flexibility index (Phi) is 7.16. The van der Waals surface area contributed by atoms with Crippen molar-refractivity contribution in [2.45, 2.75) is 12.8 Å². The second kappa shape index (κ2) is 9.56. The Morgan fingerprint density at radius 3 is 2.33 bits per heavy atom. The van der Waals surface area contributed by atoms with Crippen molar-refractivity contribution in [2.24, 2.45) is 0 Å². The highest BCUT2D eigenvalue weighted by molar-refractivity contribution is 5.94. The summed E-state index contributed by atoms with van der Waals surface area (Å²) in [4.78, 5) is 25.6. The molecule has 0 atom stereocenters. The lowest BCUT2D eigenvalue weighted by atomic mass is 10.1. The fourth-order valence-corrected chi connectivity index (χ4v) is 2.52. The molecule has 2 rings (SSSR count). The molecule has 7 heteroatoms. The van der Waals surface area contributed by atoms with Gasteiger partial charge < -0.3 is 19.7 Å². The van der Waals surface area contributed by atoms with Crippen LogP contribution in [0.2, 0.25) is 0 Å². The monoisotopic (exact) mass is 374 g/mol. The summed E-state index contributed by atoms with van der Waals surface area (Å²) < 4.78 is 23.3. The van der Waals surface area contributed by atoms with Crippen LogP contribution in [0.25, 0.3) is 0 Å². The van der Waals surface area contributed by atoms with E-state index in [0.29, 0.717) is 23.6 Å². The predicted octanol–water partition coefficient (Wildman–Crippen LogP) is 2.87. The number of rotatable bonds is 8. The Bertz CT molecular complexity index is 793. The standard InChI is InChI=1S/C20H23FN2O4/c1-23(13-19(24)22-16-8-6-15(21)7-9-16)20(25)11-5-14-4-10-17(26-2)18(12-14)27-3/h4,6-10,12H,5,11,13H2,1-3H3,(H,22,24). The van der Waals surface area contributed by atoms with Gasteiger partial charge in [-0.2, -0.15) is 0 Å². The van der Waals surface area contributed by atoms with Gasteiger partial charge in [0.25, 0.3) is 0 Å². The van der Waals surface area contributed by atoms with E-state index in [0.717, 1.165) is 5.56 Å². The molecule has 0 aliphatic heterocycles. The fourth-order valence-electron chi connectivity index (χ4n) is 2.52. The highest BCUT2D eigenvalue weighted by Crippen LogP contribution is 2.28. The van der Waals surface area contributed by atoms with Crippen LogP contribution in [0.3, 0.4) is 0 Å². The number of amides is 2. The molecule has 0 unspecified atom stereocenters. The fraction of sp³-hybridized carbons (Fsp3) is 0.300. The highest BCUT2D eigenvalue weighted by Gasteiger charge is 2.14. The van der Waals surface area contributed by atoms with Gasteiger partial charge in [-0.05, 0) is 48.4 Å². The van der Waals surface area contributed by atoms with Crippen LogP contribution >= 0.6 is 0 Å². The summed E-state index contributed by atoms with van der Waals surface area (Å²) in [6.45, 7) is -0.0812. The Hall–Kier alpha value is -3.09. The first-order valence-electron chi connectivity index (χ1n) is 8.43. The van der Waals surface area contributed by atoms with E-state index in [1.165, 1.54) is 29.2 Å². The number of carbonyl (C=O) groups is 2. The minimum atomic E-state index is -0.379. The SMILES string of the molecule is COc1ccc(CCC(=O)N(C)CC(=O)Nc2ccc(F)cc2)cc1OC. The maximum absolute atomic E-state index is 12.9. The van der Waals surface area contributed by atoms with E-state index in [1.54, 1.807) is 27.3 Å². The van der Waals surface area contributed by atoms with Crippen molar-refractivity contribution >= 4 is 17.5 Å². The predicted molar refractivity (Wildman–Crippen MR) is 101 cm³/mol. The van der Waals surface area contributed by atoms with Crippen molar-refractivity contribution in [3.8, 4) is 11.5 Å². The van der Waals surface area contributed by atoms with Crippen LogP contribution < -0.4 is 14.8 Å². The van der Waals surface area contributed by atoms with Gasteiger partial charge in [0, 0.05) is 19.2 Å². The van der Waals surface area contributed by atoms with Gasteiger partial charge in [-0.1, -0.05) is 6.07 Å². The molecule has 1 N–H and O–H groups in total. The second-order valence-corrected chi connectivity index (χ2v) is 5.99. The minimum absolute atomic E-state index is 0.0812. The van der Waals surface area contributed by atoms with Gasteiger partial charge in [0.15, 0.2) is 11.5 Å². The maximum Gasteiger partial charge on any atom is 0.243 e. The van der Waals surface area contributed by atoms with Gasteiger partial charge in [0.05, 0.1) is 20.8 Å². The zero-order valence-electron chi connectivity index (χ0n) is 15.6. The van der Waals surface area contributed by atoms with E-state index in [2.05, 4.69) is 5.32 Å². The smallest absolute Gasteiger partial charge is 0.243 e. The van der Waals surface area contributed by atoms with Crippen LogP contribution in [0, 0.1) is 5.82 Å². The molecule has 0 radical (unpaired) electrons. The average molecular weight is 374 g/mol. The largest absolute Gasteiger partial charge is 0.493 e. The first kappa shape index (κ1) is 20.2. The Morgan fingerprint density at radius 2 is 1.70 bits per heavy atom. The van der Waals surface area contributed by atoms with Crippen LogP contribution in [-0.4, -0.2) is 44.5 Å². The summed E-state index contributed by atoms with van der Waals surface area (Å²) in [5, 5.41) is 2.63. The van der Waals surface area contributed by atoms with Crippen LogP contribution in [0.1, 0.15) is 12.0 Å². The van der Waals surface area contributed by atoms with E-state index < -0.39 is 0 Å². The third kappa shape index (κ3) is 5.99. The number of likely N-dealkylation sites (N-methyl/N-ethyl adjacent to an activating group) is 1. The number of halogens is 1. The molecular formula is C20H23FN2O4. The maximum atomic E-state index is 12.9. The van der Waals surface area contributed by atoms with Gasteiger partial charge in [0.2, 0.25) is 11.8 Å². The van der Waals surface area contributed by atoms with Crippen LogP contribution in [0.15, 0.2) is 42.5 Å². The number of hydrogen-bond donors (Lipinski definition) is 1. The normalized spacial score (nSPS) is 10.2. The van der Waals surface area contributed by atoms with Crippen LogP contribution in [0.4, 0.5) is 10.1 Å². The molecule has 0 aliphatic carbocycles. The van der Waals surface area contributed by atoms with Gasteiger partial charge in [-0.25, -0.2) is 4.39 Å². The number of ether oxygens (including phenoxy) is 2. The molecule has 0 fully saturated rings. The summed E-state index contributed by atoms with van der Waals surface area (Å²) in [7, 11) is 4.69. The van der Waals surface area contributed by atoms with Gasteiger partial charge in [-0.15, -0.1) is 0 Å². The van der Waals surface area contributed by atoms with E-state index in [4.69, 9.17) is 9.47 Å². The highest BCUT2D eigenvalue weighted by atomic mass is 19.1. The third-order valence-corrected chi connectivity index (χ3v) is 4.01. The number of aryl methyl sites for hydroxylation is 1. The summed E-state index contributed by atoms with van der Waals surface area (Å²) in [5.74, 6) is 0.356. The van der Waals surface area contributed by atoms with Crippen LogP contribution in [-0.2, 0) is 16.0 Å². The number of carbonyl (C=O) groups excluding carboxylic acids is 2. The Labute approximate surface area is 157 Å². The van der Waals surface area contributed by atoms with E-state index in [1.807, 2.05) is 12.1 Å². The first-order valence-corrected chi connectivity index (χ1v) is 8.43. The zero-order valence-corrected chi connectivity index (χ0v) is 15.6. The van der Waals surface area contributed by atoms with Crippen LogP contribution in [0.5, 0.6) is 11.5 Å². The number of nitrogens with one attached hydrogen (secondary N) is 1. The van der Waals surface area contributed by atoms with Crippen molar-refractivity contribution in [2.75, 3.05) is 33.1 Å².